The number of nitro groups is 1. The van der Waals surface area contributed by atoms with E-state index >= 15 is 0 Å². The van der Waals surface area contributed by atoms with E-state index in [0.29, 0.717) is 24.8 Å². The Morgan fingerprint density at radius 2 is 1.81 bits per heavy atom. The molecule has 0 radical (unpaired) electrons. The lowest BCUT2D eigenvalue weighted by Crippen LogP contribution is -2.48. The molecule has 9 nitrogen and oxygen atoms in total. The van der Waals surface area contributed by atoms with Crippen molar-refractivity contribution < 1.29 is 18.9 Å². The fourth-order valence-corrected chi connectivity index (χ4v) is 4.60. The molecule has 9 heteroatoms. The summed E-state index contributed by atoms with van der Waals surface area (Å²) in [5, 5.41) is 14.2. The third-order valence-electron chi connectivity index (χ3n) is 6.11. The SMILES string of the molecule is O=C(C1CCCN1C(=O)c1ccc([N+](=O)[O-])o1)N1CC[C@@H]2CNC[C@@H]2CC1. The second-order valence-corrected chi connectivity index (χ2v) is 7.63. The quantitative estimate of drug-likeness (QED) is 0.628. The molecular formula is C18H24N4O5. The monoisotopic (exact) mass is 376 g/mol. The molecule has 3 aliphatic heterocycles. The number of carbonyl (C=O) groups is 2. The average molecular weight is 376 g/mol. The molecule has 0 saturated carbocycles. The van der Waals surface area contributed by atoms with E-state index in [4.69, 9.17) is 4.42 Å². The summed E-state index contributed by atoms with van der Waals surface area (Å²) < 4.78 is 5.04. The molecule has 3 fully saturated rings. The highest BCUT2D eigenvalue weighted by molar-refractivity contribution is 5.96. The zero-order chi connectivity index (χ0) is 19.0. The number of hydrogen-bond donors (Lipinski definition) is 1. The van der Waals surface area contributed by atoms with Crippen LogP contribution < -0.4 is 5.32 Å². The van der Waals surface area contributed by atoms with E-state index in [1.165, 1.54) is 17.0 Å². The van der Waals surface area contributed by atoms with Crippen molar-refractivity contribution in [1.82, 2.24) is 15.1 Å². The Hall–Kier alpha value is -2.42. The van der Waals surface area contributed by atoms with Gasteiger partial charge in [-0.2, -0.15) is 0 Å². The van der Waals surface area contributed by atoms with Gasteiger partial charge in [0.1, 0.15) is 11.0 Å². The average Bonchev–Trinajstić information content (AvgIpc) is 3.39. The Labute approximate surface area is 156 Å². The maximum Gasteiger partial charge on any atom is 0.433 e. The van der Waals surface area contributed by atoms with Crippen molar-refractivity contribution in [3.8, 4) is 0 Å². The van der Waals surface area contributed by atoms with Crippen LogP contribution in [0.2, 0.25) is 0 Å². The molecule has 0 bridgehead atoms. The first-order valence-corrected chi connectivity index (χ1v) is 9.59. The topological polar surface area (TPSA) is 109 Å². The number of nitrogens with zero attached hydrogens (tertiary/aromatic N) is 3. The third-order valence-corrected chi connectivity index (χ3v) is 6.11. The van der Waals surface area contributed by atoms with Crippen LogP contribution in [0.1, 0.15) is 36.2 Å². The molecule has 4 heterocycles. The van der Waals surface area contributed by atoms with E-state index in [1.807, 2.05) is 4.90 Å². The second kappa shape index (κ2) is 7.30. The van der Waals surface area contributed by atoms with E-state index < -0.39 is 22.8 Å². The maximum absolute atomic E-state index is 13.1. The third kappa shape index (κ3) is 3.43. The van der Waals surface area contributed by atoms with Gasteiger partial charge in [-0.1, -0.05) is 0 Å². The number of amides is 2. The van der Waals surface area contributed by atoms with Crippen molar-refractivity contribution in [2.24, 2.45) is 11.8 Å². The fourth-order valence-electron chi connectivity index (χ4n) is 4.60. The molecule has 1 aromatic rings. The van der Waals surface area contributed by atoms with E-state index in [2.05, 4.69) is 5.32 Å². The largest absolute Gasteiger partial charge is 0.433 e. The number of rotatable bonds is 3. The summed E-state index contributed by atoms with van der Waals surface area (Å²) >= 11 is 0. The molecule has 4 rings (SSSR count). The van der Waals surface area contributed by atoms with Gasteiger partial charge in [0.25, 0.3) is 5.91 Å². The van der Waals surface area contributed by atoms with E-state index in [1.54, 1.807) is 0 Å². The zero-order valence-corrected chi connectivity index (χ0v) is 15.1. The Bertz CT molecular complexity index is 734. The van der Waals surface area contributed by atoms with Gasteiger partial charge in [-0.25, -0.2) is 0 Å². The molecular weight excluding hydrogens is 352 g/mol. The summed E-state index contributed by atoms with van der Waals surface area (Å²) in [6.45, 7) is 3.97. The smallest absolute Gasteiger partial charge is 0.395 e. The molecule has 146 valence electrons. The number of fused-ring (bicyclic) bond motifs is 1. The van der Waals surface area contributed by atoms with Crippen LogP contribution in [0.25, 0.3) is 0 Å². The summed E-state index contributed by atoms with van der Waals surface area (Å²) in [5.41, 5.74) is 0. The predicted octanol–water partition coefficient (Wildman–Crippen LogP) is 1.25. The molecule has 27 heavy (non-hydrogen) atoms. The first-order chi connectivity index (χ1) is 13.0. The number of carbonyl (C=O) groups excluding carboxylic acids is 2. The molecule has 2 amide bonds. The zero-order valence-electron chi connectivity index (χ0n) is 15.1. The Kier molecular flexibility index (Phi) is 4.86. The van der Waals surface area contributed by atoms with Crippen LogP contribution in [-0.2, 0) is 4.79 Å². The minimum atomic E-state index is -0.674. The Morgan fingerprint density at radius 3 is 2.44 bits per heavy atom. The standard InChI is InChI=1S/C18H24N4O5/c23-17(20-8-5-12-10-19-11-13(12)6-9-20)14-2-1-7-21(14)18(24)15-3-4-16(27-15)22(25)26/h3-4,12-14,19H,1-2,5-11H2/t12-,13+,14?. The summed E-state index contributed by atoms with van der Waals surface area (Å²) in [4.78, 5) is 39.4. The first kappa shape index (κ1) is 18.0. The maximum atomic E-state index is 13.1. The Balaban J connectivity index is 1.44. The van der Waals surface area contributed by atoms with Crippen LogP contribution in [0.5, 0.6) is 0 Å². The van der Waals surface area contributed by atoms with Crippen LogP contribution >= 0.6 is 0 Å². The molecule has 0 aliphatic carbocycles. The highest BCUT2D eigenvalue weighted by Gasteiger charge is 2.40. The van der Waals surface area contributed by atoms with Crippen molar-refractivity contribution in [1.29, 1.82) is 0 Å². The van der Waals surface area contributed by atoms with Gasteiger partial charge >= 0.3 is 5.88 Å². The van der Waals surface area contributed by atoms with Crippen LogP contribution in [0, 0.1) is 22.0 Å². The van der Waals surface area contributed by atoms with Crippen molar-refractivity contribution >= 4 is 17.7 Å². The van der Waals surface area contributed by atoms with Crippen molar-refractivity contribution in [2.75, 3.05) is 32.7 Å². The van der Waals surface area contributed by atoms with Crippen molar-refractivity contribution in [3.05, 3.63) is 28.0 Å². The summed E-state index contributed by atoms with van der Waals surface area (Å²) in [6, 6.07) is 1.97. The van der Waals surface area contributed by atoms with Gasteiger partial charge < -0.3 is 19.5 Å². The van der Waals surface area contributed by atoms with Crippen molar-refractivity contribution in [2.45, 2.75) is 31.7 Å². The normalized spacial score (nSPS) is 28.1. The van der Waals surface area contributed by atoms with Gasteiger partial charge in [0.15, 0.2) is 5.76 Å². The molecule has 1 aromatic heterocycles. The molecule has 1 unspecified atom stereocenters. The Morgan fingerprint density at radius 1 is 1.11 bits per heavy atom. The molecule has 1 N–H and O–H groups in total. The number of likely N-dealkylation sites (tertiary alicyclic amines) is 2. The minimum Gasteiger partial charge on any atom is -0.395 e. The van der Waals surface area contributed by atoms with Crippen LogP contribution in [-0.4, -0.2) is 65.3 Å². The van der Waals surface area contributed by atoms with Gasteiger partial charge in [0.2, 0.25) is 5.91 Å². The number of nitrogens with one attached hydrogen (secondary N) is 1. The lowest BCUT2D eigenvalue weighted by atomic mass is 9.92. The summed E-state index contributed by atoms with van der Waals surface area (Å²) in [5.74, 6) is 0.260. The molecule has 0 spiro atoms. The van der Waals surface area contributed by atoms with Gasteiger partial charge in [-0.15, -0.1) is 0 Å². The molecule has 3 atom stereocenters. The molecule has 0 aromatic carbocycles. The fraction of sp³-hybridized carbons (Fsp3) is 0.667. The summed E-state index contributed by atoms with van der Waals surface area (Å²) in [6.07, 6.45) is 3.36. The van der Waals surface area contributed by atoms with E-state index in [0.717, 1.165) is 45.4 Å². The van der Waals surface area contributed by atoms with E-state index in [9.17, 15) is 19.7 Å². The van der Waals surface area contributed by atoms with Crippen molar-refractivity contribution in [3.63, 3.8) is 0 Å². The lowest BCUT2D eigenvalue weighted by Gasteiger charge is -2.29. The number of furan rings is 1. The first-order valence-electron chi connectivity index (χ1n) is 9.59. The highest BCUT2D eigenvalue weighted by Crippen LogP contribution is 2.29. The summed E-state index contributed by atoms with van der Waals surface area (Å²) in [7, 11) is 0. The molecule has 3 aliphatic rings. The van der Waals surface area contributed by atoms with Crippen LogP contribution in [0.4, 0.5) is 5.88 Å². The van der Waals surface area contributed by atoms with Gasteiger partial charge in [-0.05, 0) is 56.7 Å². The highest BCUT2D eigenvalue weighted by atomic mass is 16.6. The lowest BCUT2D eigenvalue weighted by molar-refractivity contribution is -0.402. The second-order valence-electron chi connectivity index (χ2n) is 7.63. The minimum absolute atomic E-state index is 0.00478. The molecule has 3 saturated heterocycles. The van der Waals surface area contributed by atoms with Crippen LogP contribution in [0.3, 0.4) is 0 Å². The van der Waals surface area contributed by atoms with Gasteiger partial charge in [0, 0.05) is 19.6 Å². The van der Waals surface area contributed by atoms with Crippen LogP contribution in [0.15, 0.2) is 16.5 Å². The van der Waals surface area contributed by atoms with E-state index in [-0.39, 0.29) is 11.7 Å². The van der Waals surface area contributed by atoms with Gasteiger partial charge in [0.05, 0.1) is 6.07 Å². The predicted molar refractivity (Wildman–Crippen MR) is 95.1 cm³/mol. The van der Waals surface area contributed by atoms with Gasteiger partial charge in [-0.3, -0.25) is 19.7 Å². The number of hydrogen-bond acceptors (Lipinski definition) is 6.